The fraction of sp³-hybridized carbons (Fsp3) is 0.100. The van der Waals surface area contributed by atoms with Crippen molar-refractivity contribution in [3.8, 4) is 5.75 Å². The number of ether oxygens (including phenoxy) is 1. The molecule has 68 valence electrons. The summed E-state index contributed by atoms with van der Waals surface area (Å²) in [6, 6.07) is 7.27. The lowest BCUT2D eigenvalue weighted by atomic mass is 10.2. The van der Waals surface area contributed by atoms with Gasteiger partial charge >= 0.3 is 0 Å². The molecule has 0 aliphatic rings. The number of rotatable bonds is 4. The van der Waals surface area contributed by atoms with Crippen LogP contribution in [0.2, 0.25) is 0 Å². The maximum absolute atomic E-state index is 10.4. The van der Waals surface area contributed by atoms with E-state index in [1.807, 2.05) is 12.1 Å². The van der Waals surface area contributed by atoms with Crippen molar-refractivity contribution in [3.63, 3.8) is 0 Å². The van der Waals surface area contributed by atoms with Gasteiger partial charge in [-0.25, -0.2) is 0 Å². The van der Waals surface area contributed by atoms with E-state index in [1.54, 1.807) is 18.2 Å². The highest BCUT2D eigenvalue weighted by Gasteiger charge is 1.96. The summed E-state index contributed by atoms with van der Waals surface area (Å²) in [4.78, 5) is 10.4. The van der Waals surface area contributed by atoms with Gasteiger partial charge in [0.1, 0.15) is 5.75 Å². The molecule has 1 aromatic carbocycles. The summed E-state index contributed by atoms with van der Waals surface area (Å²) < 4.78 is 5.09. The molecule has 3 heteroatoms. The van der Waals surface area contributed by atoms with Gasteiger partial charge in [-0.3, -0.25) is 4.79 Å². The van der Waals surface area contributed by atoms with Crippen LogP contribution < -0.4 is 10.5 Å². The molecule has 0 heterocycles. The van der Waals surface area contributed by atoms with Crippen LogP contribution in [0, 0.1) is 0 Å². The highest BCUT2D eigenvalue weighted by atomic mass is 16.5. The highest BCUT2D eigenvalue weighted by molar-refractivity contribution is 5.75. The molecular weight excluding hydrogens is 166 g/mol. The molecule has 0 saturated heterocycles. The van der Waals surface area contributed by atoms with E-state index in [0.29, 0.717) is 5.75 Å². The summed E-state index contributed by atoms with van der Waals surface area (Å²) in [6.45, 7) is 3.52. The maximum Gasteiger partial charge on any atom is 0.255 e. The van der Waals surface area contributed by atoms with Crippen LogP contribution in [0.5, 0.6) is 5.75 Å². The fourth-order valence-electron chi connectivity index (χ4n) is 0.886. The van der Waals surface area contributed by atoms with E-state index in [9.17, 15) is 4.79 Å². The molecule has 2 N–H and O–H groups in total. The molecule has 13 heavy (non-hydrogen) atoms. The number of hydrogen-bond donors (Lipinski definition) is 1. The average Bonchev–Trinajstić information content (AvgIpc) is 2.15. The van der Waals surface area contributed by atoms with Crippen LogP contribution in [-0.4, -0.2) is 12.5 Å². The molecule has 1 aromatic rings. The lowest BCUT2D eigenvalue weighted by Gasteiger charge is -2.03. The van der Waals surface area contributed by atoms with E-state index in [2.05, 4.69) is 6.58 Å². The molecule has 0 fully saturated rings. The Labute approximate surface area is 76.8 Å². The Morgan fingerprint density at radius 3 is 3.00 bits per heavy atom. The molecule has 0 spiro atoms. The van der Waals surface area contributed by atoms with Gasteiger partial charge < -0.3 is 10.5 Å². The first-order valence-electron chi connectivity index (χ1n) is 3.86. The molecule has 0 aromatic heterocycles. The molecule has 0 aliphatic carbocycles. The zero-order chi connectivity index (χ0) is 9.68. The Kier molecular flexibility index (Phi) is 3.09. The summed E-state index contributed by atoms with van der Waals surface area (Å²) in [7, 11) is 0. The number of carbonyl (C=O) groups excluding carboxylic acids is 1. The molecule has 0 bridgehead atoms. The van der Waals surface area contributed by atoms with Crippen molar-refractivity contribution in [2.75, 3.05) is 6.61 Å². The minimum Gasteiger partial charge on any atom is -0.484 e. The summed E-state index contributed by atoms with van der Waals surface area (Å²) in [5.74, 6) is 0.139. The number of carbonyl (C=O) groups is 1. The van der Waals surface area contributed by atoms with Crippen molar-refractivity contribution in [3.05, 3.63) is 36.4 Å². The zero-order valence-electron chi connectivity index (χ0n) is 7.19. The highest BCUT2D eigenvalue weighted by Crippen LogP contribution is 2.13. The van der Waals surface area contributed by atoms with Gasteiger partial charge in [0, 0.05) is 0 Å². The first kappa shape index (κ1) is 9.32. The van der Waals surface area contributed by atoms with Crippen LogP contribution in [0.1, 0.15) is 5.56 Å². The van der Waals surface area contributed by atoms with Gasteiger partial charge in [0.25, 0.3) is 5.91 Å². The monoisotopic (exact) mass is 177 g/mol. The number of amides is 1. The second-order valence-electron chi connectivity index (χ2n) is 2.53. The summed E-state index contributed by atoms with van der Waals surface area (Å²) in [6.07, 6.45) is 1.71. The van der Waals surface area contributed by atoms with Gasteiger partial charge in [-0.2, -0.15) is 0 Å². The third-order valence-electron chi connectivity index (χ3n) is 1.47. The van der Waals surface area contributed by atoms with Crippen LogP contribution in [-0.2, 0) is 4.79 Å². The quantitative estimate of drug-likeness (QED) is 0.751. The van der Waals surface area contributed by atoms with Crippen LogP contribution in [0.15, 0.2) is 30.8 Å². The Balaban J connectivity index is 2.66. The standard InChI is InChI=1S/C10H11NO2/c1-2-8-4-3-5-9(6-8)13-7-10(11)12/h2-6H,1,7H2,(H2,11,12). The summed E-state index contributed by atoms with van der Waals surface area (Å²) in [5, 5.41) is 0. The van der Waals surface area contributed by atoms with E-state index in [4.69, 9.17) is 10.5 Å². The average molecular weight is 177 g/mol. The minimum atomic E-state index is -0.482. The predicted octanol–water partition coefficient (Wildman–Crippen LogP) is 1.19. The topological polar surface area (TPSA) is 52.3 Å². The smallest absolute Gasteiger partial charge is 0.255 e. The van der Waals surface area contributed by atoms with Crippen LogP contribution >= 0.6 is 0 Å². The Bertz CT molecular complexity index is 320. The van der Waals surface area contributed by atoms with Gasteiger partial charge in [0.2, 0.25) is 0 Å². The van der Waals surface area contributed by atoms with Gasteiger partial charge in [-0.1, -0.05) is 24.8 Å². The van der Waals surface area contributed by atoms with Gasteiger partial charge in [-0.15, -0.1) is 0 Å². The van der Waals surface area contributed by atoms with E-state index < -0.39 is 5.91 Å². The predicted molar refractivity (Wildman–Crippen MR) is 51.2 cm³/mol. The van der Waals surface area contributed by atoms with Gasteiger partial charge in [-0.05, 0) is 17.7 Å². The SMILES string of the molecule is C=Cc1cccc(OCC(N)=O)c1. The number of benzene rings is 1. The van der Waals surface area contributed by atoms with Crippen molar-refractivity contribution in [1.82, 2.24) is 0 Å². The summed E-state index contributed by atoms with van der Waals surface area (Å²) in [5.41, 5.74) is 5.87. The van der Waals surface area contributed by atoms with Crippen molar-refractivity contribution in [1.29, 1.82) is 0 Å². The van der Waals surface area contributed by atoms with Gasteiger partial charge in [0.15, 0.2) is 6.61 Å². The van der Waals surface area contributed by atoms with E-state index in [-0.39, 0.29) is 6.61 Å². The maximum atomic E-state index is 10.4. The molecule has 1 rings (SSSR count). The van der Waals surface area contributed by atoms with Crippen molar-refractivity contribution >= 4 is 12.0 Å². The molecule has 0 radical (unpaired) electrons. The molecule has 0 atom stereocenters. The first-order valence-corrected chi connectivity index (χ1v) is 3.86. The number of primary amides is 1. The normalized spacial score (nSPS) is 9.23. The molecular formula is C10H11NO2. The zero-order valence-corrected chi connectivity index (χ0v) is 7.19. The lowest BCUT2D eigenvalue weighted by molar-refractivity contribution is -0.119. The van der Waals surface area contributed by atoms with Crippen molar-refractivity contribution < 1.29 is 9.53 Å². The molecule has 0 aliphatic heterocycles. The number of nitrogens with two attached hydrogens (primary N) is 1. The number of hydrogen-bond acceptors (Lipinski definition) is 2. The van der Waals surface area contributed by atoms with Crippen LogP contribution in [0.25, 0.3) is 6.08 Å². The van der Waals surface area contributed by atoms with E-state index in [0.717, 1.165) is 5.56 Å². The third-order valence-corrected chi connectivity index (χ3v) is 1.47. The Hall–Kier alpha value is -1.77. The minimum absolute atomic E-state index is 0.0966. The molecule has 3 nitrogen and oxygen atoms in total. The second-order valence-corrected chi connectivity index (χ2v) is 2.53. The summed E-state index contributed by atoms with van der Waals surface area (Å²) >= 11 is 0. The second kappa shape index (κ2) is 4.30. The first-order chi connectivity index (χ1) is 6.22. The molecule has 0 saturated carbocycles. The van der Waals surface area contributed by atoms with Crippen LogP contribution in [0.3, 0.4) is 0 Å². The molecule has 0 unspecified atom stereocenters. The van der Waals surface area contributed by atoms with Crippen molar-refractivity contribution in [2.24, 2.45) is 5.73 Å². The van der Waals surface area contributed by atoms with E-state index in [1.165, 1.54) is 0 Å². The molecule has 1 amide bonds. The third kappa shape index (κ3) is 2.99. The van der Waals surface area contributed by atoms with E-state index >= 15 is 0 Å². The van der Waals surface area contributed by atoms with Gasteiger partial charge in [0.05, 0.1) is 0 Å². The van der Waals surface area contributed by atoms with Crippen molar-refractivity contribution in [2.45, 2.75) is 0 Å². The largest absolute Gasteiger partial charge is 0.484 e. The van der Waals surface area contributed by atoms with Crippen LogP contribution in [0.4, 0.5) is 0 Å². The Morgan fingerprint density at radius 2 is 2.38 bits per heavy atom. The fourth-order valence-corrected chi connectivity index (χ4v) is 0.886. The Morgan fingerprint density at radius 1 is 1.62 bits per heavy atom. The lowest BCUT2D eigenvalue weighted by Crippen LogP contribution is -2.19.